The Hall–Kier alpha value is -2.23. The van der Waals surface area contributed by atoms with Gasteiger partial charge >= 0.3 is 0 Å². The van der Waals surface area contributed by atoms with E-state index in [1.54, 1.807) is 0 Å². The van der Waals surface area contributed by atoms with Gasteiger partial charge in [-0.15, -0.1) is 0 Å². The van der Waals surface area contributed by atoms with E-state index < -0.39 is 0 Å². The summed E-state index contributed by atoms with van der Waals surface area (Å²) in [5, 5.41) is 0.977. The van der Waals surface area contributed by atoms with Crippen LogP contribution in [0, 0.1) is 6.92 Å². The number of nitrogens with zero attached hydrogens (tertiary/aromatic N) is 2. The maximum absolute atomic E-state index is 11.8. The van der Waals surface area contributed by atoms with Gasteiger partial charge in [-0.2, -0.15) is 0 Å². The van der Waals surface area contributed by atoms with Crippen molar-refractivity contribution in [3.05, 3.63) is 36.0 Å². The van der Waals surface area contributed by atoms with Crippen LogP contribution in [0.4, 0.5) is 5.69 Å². The molecule has 0 saturated carbocycles. The Kier molecular flexibility index (Phi) is 2.37. The van der Waals surface area contributed by atoms with Gasteiger partial charge in [-0.1, -0.05) is 18.2 Å². The summed E-state index contributed by atoms with van der Waals surface area (Å²) in [6, 6.07) is 9.58. The van der Waals surface area contributed by atoms with Crippen LogP contribution < -0.4 is 4.90 Å². The van der Waals surface area contributed by atoms with Gasteiger partial charge in [0.05, 0.1) is 24.2 Å². The minimum Gasteiger partial charge on any atom is -0.302 e. The number of hydrogen-bond acceptors (Lipinski definition) is 3. The second-order valence-corrected chi connectivity index (χ2v) is 4.50. The van der Waals surface area contributed by atoms with E-state index in [2.05, 4.69) is 4.98 Å². The first kappa shape index (κ1) is 10.9. The van der Waals surface area contributed by atoms with Gasteiger partial charge in [0.15, 0.2) is 5.78 Å². The summed E-state index contributed by atoms with van der Waals surface area (Å²) in [7, 11) is 0. The molecule has 0 N–H and O–H groups in total. The van der Waals surface area contributed by atoms with Crippen molar-refractivity contribution in [2.75, 3.05) is 11.4 Å². The van der Waals surface area contributed by atoms with Crippen LogP contribution in [-0.4, -0.2) is 23.2 Å². The van der Waals surface area contributed by atoms with Gasteiger partial charge in [-0.3, -0.25) is 14.6 Å². The highest BCUT2D eigenvalue weighted by molar-refractivity contribution is 6.17. The molecule has 0 spiro atoms. The largest absolute Gasteiger partial charge is 0.302 e. The van der Waals surface area contributed by atoms with E-state index in [9.17, 15) is 9.59 Å². The van der Waals surface area contributed by atoms with Gasteiger partial charge in [0.25, 0.3) is 0 Å². The molecule has 0 unspecified atom stereocenters. The minimum absolute atomic E-state index is 0.00219. The second-order valence-electron chi connectivity index (χ2n) is 4.50. The first-order chi connectivity index (χ1) is 8.65. The molecule has 2 heterocycles. The summed E-state index contributed by atoms with van der Waals surface area (Å²) in [4.78, 5) is 29.1. The zero-order valence-electron chi connectivity index (χ0n) is 10.0. The molecule has 0 bridgehead atoms. The summed E-state index contributed by atoms with van der Waals surface area (Å²) < 4.78 is 0. The highest BCUT2D eigenvalue weighted by Crippen LogP contribution is 2.27. The molecule has 1 aromatic carbocycles. The fraction of sp³-hybridized carbons (Fsp3) is 0.214. The smallest absolute Gasteiger partial charge is 0.234 e. The van der Waals surface area contributed by atoms with E-state index >= 15 is 0 Å². The number of amides is 1. The van der Waals surface area contributed by atoms with Crippen LogP contribution in [0.3, 0.4) is 0 Å². The molecule has 1 amide bonds. The summed E-state index contributed by atoms with van der Waals surface area (Å²) in [5.41, 5.74) is 2.40. The molecule has 18 heavy (non-hydrogen) atoms. The molecule has 4 nitrogen and oxygen atoms in total. The van der Waals surface area contributed by atoms with Gasteiger partial charge in [0.1, 0.15) is 0 Å². The van der Waals surface area contributed by atoms with Crippen LogP contribution in [0.15, 0.2) is 30.3 Å². The average Bonchev–Trinajstić information content (AvgIpc) is 2.67. The molecule has 1 fully saturated rings. The van der Waals surface area contributed by atoms with Crippen LogP contribution in [-0.2, 0) is 9.59 Å². The zero-order valence-corrected chi connectivity index (χ0v) is 10.0. The lowest BCUT2D eigenvalue weighted by Gasteiger charge is -2.16. The number of rotatable bonds is 1. The normalized spacial score (nSPS) is 15.7. The Bertz CT molecular complexity index is 664. The maximum Gasteiger partial charge on any atom is 0.234 e. The van der Waals surface area contributed by atoms with E-state index in [4.69, 9.17) is 0 Å². The molecule has 1 aliphatic rings. The zero-order chi connectivity index (χ0) is 12.7. The van der Waals surface area contributed by atoms with Crippen molar-refractivity contribution in [3.8, 4) is 0 Å². The van der Waals surface area contributed by atoms with Crippen molar-refractivity contribution in [1.82, 2.24) is 4.98 Å². The molecular formula is C14H12N2O2. The first-order valence-electron chi connectivity index (χ1n) is 5.83. The number of carbonyl (C=O) groups excluding carboxylic acids is 2. The number of benzene rings is 1. The quantitative estimate of drug-likeness (QED) is 0.715. The Morgan fingerprint density at radius 1 is 1.17 bits per heavy atom. The molecule has 0 atom stereocenters. The topological polar surface area (TPSA) is 50.3 Å². The van der Waals surface area contributed by atoms with E-state index in [-0.39, 0.29) is 24.7 Å². The summed E-state index contributed by atoms with van der Waals surface area (Å²) in [6.07, 6.45) is 0.00219. The van der Waals surface area contributed by atoms with E-state index in [0.717, 1.165) is 22.3 Å². The number of aryl methyl sites for hydroxylation is 1. The number of hydrogen-bond donors (Lipinski definition) is 0. The van der Waals surface area contributed by atoms with Gasteiger partial charge in [0.2, 0.25) is 5.91 Å². The van der Waals surface area contributed by atoms with Crippen LogP contribution in [0.5, 0.6) is 0 Å². The maximum atomic E-state index is 11.8. The molecule has 4 heteroatoms. The molecule has 1 aromatic heterocycles. The van der Waals surface area contributed by atoms with E-state index in [0.29, 0.717) is 0 Å². The van der Waals surface area contributed by atoms with Crippen molar-refractivity contribution in [2.24, 2.45) is 0 Å². The lowest BCUT2D eigenvalue weighted by Crippen LogP contribution is -2.24. The van der Waals surface area contributed by atoms with Crippen LogP contribution in [0.2, 0.25) is 0 Å². The van der Waals surface area contributed by atoms with Crippen LogP contribution in [0.25, 0.3) is 10.9 Å². The standard InChI is InChI=1S/C14H12N2O2/c1-9-5-6-10-3-2-4-12(14(10)15-9)16-8-11(17)7-13(16)18/h2-6H,7-8H2,1H3. The van der Waals surface area contributed by atoms with Gasteiger partial charge < -0.3 is 4.90 Å². The number of para-hydroxylation sites is 1. The first-order valence-corrected chi connectivity index (χ1v) is 5.83. The summed E-state index contributed by atoms with van der Waals surface area (Å²) in [5.74, 6) is -0.180. The van der Waals surface area contributed by atoms with Crippen molar-refractivity contribution < 1.29 is 9.59 Å². The van der Waals surface area contributed by atoms with E-state index in [1.165, 1.54) is 4.90 Å². The van der Waals surface area contributed by atoms with Crippen molar-refractivity contribution in [2.45, 2.75) is 13.3 Å². The number of pyridine rings is 1. The highest BCUT2D eigenvalue weighted by atomic mass is 16.2. The number of anilines is 1. The van der Waals surface area contributed by atoms with Crippen LogP contribution in [0.1, 0.15) is 12.1 Å². The third-order valence-electron chi connectivity index (χ3n) is 3.11. The Labute approximate surface area is 104 Å². The number of ketones is 1. The third kappa shape index (κ3) is 1.66. The molecule has 3 rings (SSSR count). The predicted molar refractivity (Wildman–Crippen MR) is 68.5 cm³/mol. The lowest BCUT2D eigenvalue weighted by atomic mass is 10.1. The molecule has 1 saturated heterocycles. The molecule has 2 aromatic rings. The van der Waals surface area contributed by atoms with Gasteiger partial charge in [-0.25, -0.2) is 0 Å². The van der Waals surface area contributed by atoms with Crippen LogP contribution >= 0.6 is 0 Å². The summed E-state index contributed by atoms with van der Waals surface area (Å²) in [6.45, 7) is 2.07. The molecule has 0 radical (unpaired) electrons. The fourth-order valence-corrected chi connectivity index (χ4v) is 2.25. The number of aromatic nitrogens is 1. The average molecular weight is 240 g/mol. The van der Waals surface area contributed by atoms with E-state index in [1.807, 2.05) is 37.3 Å². The Morgan fingerprint density at radius 2 is 2.00 bits per heavy atom. The van der Waals surface area contributed by atoms with Crippen molar-refractivity contribution >= 4 is 28.3 Å². The molecule has 0 aliphatic carbocycles. The lowest BCUT2D eigenvalue weighted by molar-refractivity contribution is -0.121. The van der Waals surface area contributed by atoms with Crippen molar-refractivity contribution in [1.29, 1.82) is 0 Å². The molecule has 1 aliphatic heterocycles. The fourth-order valence-electron chi connectivity index (χ4n) is 2.25. The van der Waals surface area contributed by atoms with Gasteiger partial charge in [0, 0.05) is 11.1 Å². The minimum atomic E-state index is -0.143. The van der Waals surface area contributed by atoms with Crippen molar-refractivity contribution in [3.63, 3.8) is 0 Å². The Morgan fingerprint density at radius 3 is 2.72 bits per heavy atom. The monoisotopic (exact) mass is 240 g/mol. The number of Topliss-reactive ketones (excluding diaryl/α,β-unsaturated/α-hetero) is 1. The SMILES string of the molecule is Cc1ccc2cccc(N3CC(=O)CC3=O)c2n1. The predicted octanol–water partition coefficient (Wildman–Crippen LogP) is 1.85. The molecule has 90 valence electrons. The highest BCUT2D eigenvalue weighted by Gasteiger charge is 2.29. The molecular weight excluding hydrogens is 228 g/mol. The second kappa shape index (κ2) is 3.91. The van der Waals surface area contributed by atoms with Gasteiger partial charge in [-0.05, 0) is 19.1 Å². The number of fused-ring (bicyclic) bond motifs is 1. The Balaban J connectivity index is 2.20. The third-order valence-corrected chi connectivity index (χ3v) is 3.11. The number of carbonyl (C=O) groups is 2. The summed E-state index contributed by atoms with van der Waals surface area (Å²) >= 11 is 0.